The minimum atomic E-state index is 0.0970. The summed E-state index contributed by atoms with van der Waals surface area (Å²) in [7, 11) is 0. The lowest BCUT2D eigenvalue weighted by molar-refractivity contribution is -0.129. The van der Waals surface area contributed by atoms with Crippen LogP contribution in [0.2, 0.25) is 0 Å². The molecule has 1 saturated heterocycles. The topological polar surface area (TPSA) is 51.0 Å². The van der Waals surface area contributed by atoms with Gasteiger partial charge in [-0.2, -0.15) is 5.10 Å². The molecule has 0 saturated carbocycles. The van der Waals surface area contributed by atoms with Crippen molar-refractivity contribution >= 4 is 39.2 Å². The molecule has 1 atom stereocenters. The molecular formula is C24H24N4OS2. The minimum Gasteiger partial charge on any atom is -0.332 e. The van der Waals surface area contributed by atoms with Crippen LogP contribution in [0.15, 0.2) is 59.5 Å². The fraction of sp³-hybridized carbons (Fsp3) is 0.292. The molecule has 0 aliphatic carbocycles. The lowest BCUT2D eigenvalue weighted by atomic mass is 10.2. The third-order valence-corrected chi connectivity index (χ3v) is 8.14. The number of likely N-dealkylation sites (tertiary alicyclic amines) is 1. The second-order valence-electron chi connectivity index (χ2n) is 7.80. The molecule has 2 aromatic carbocycles. The van der Waals surface area contributed by atoms with Crippen LogP contribution in [0.1, 0.15) is 35.3 Å². The lowest BCUT2D eigenvalue weighted by Gasteiger charge is -2.23. The second-order valence-corrected chi connectivity index (χ2v) is 9.85. The summed E-state index contributed by atoms with van der Waals surface area (Å²) in [5.41, 5.74) is 4.10. The summed E-state index contributed by atoms with van der Waals surface area (Å²) in [6.45, 7) is 4.89. The van der Waals surface area contributed by atoms with E-state index in [-0.39, 0.29) is 11.9 Å². The van der Waals surface area contributed by atoms with Crippen LogP contribution in [0.3, 0.4) is 0 Å². The van der Waals surface area contributed by atoms with Gasteiger partial charge < -0.3 is 4.90 Å². The van der Waals surface area contributed by atoms with Crippen LogP contribution in [0.25, 0.3) is 15.9 Å². The molecule has 0 spiro atoms. The fourth-order valence-corrected chi connectivity index (χ4v) is 6.32. The lowest BCUT2D eigenvalue weighted by Crippen LogP contribution is -2.31. The van der Waals surface area contributed by atoms with Gasteiger partial charge in [0.2, 0.25) is 5.91 Å². The Morgan fingerprint density at radius 3 is 2.71 bits per heavy atom. The van der Waals surface area contributed by atoms with Gasteiger partial charge in [-0.3, -0.25) is 4.79 Å². The van der Waals surface area contributed by atoms with Crippen LogP contribution in [0.5, 0.6) is 0 Å². The molecule has 1 fully saturated rings. The molecule has 1 amide bonds. The Bertz CT molecular complexity index is 1200. The third kappa shape index (κ3) is 3.88. The van der Waals surface area contributed by atoms with Crippen LogP contribution in [0.4, 0.5) is 0 Å². The van der Waals surface area contributed by atoms with Gasteiger partial charge in [-0.15, -0.1) is 23.1 Å². The van der Waals surface area contributed by atoms with E-state index >= 15 is 0 Å². The number of hydrogen-bond acceptors (Lipinski definition) is 5. The van der Waals surface area contributed by atoms with Gasteiger partial charge in [0, 0.05) is 6.54 Å². The SMILES string of the molecule is Cc1nn(-c2ccccc2)c(C)c1SCC(=O)N1CCC[C@H]1c1nc2ccccc2s1. The summed E-state index contributed by atoms with van der Waals surface area (Å²) in [5, 5.41) is 5.76. The van der Waals surface area contributed by atoms with Gasteiger partial charge >= 0.3 is 0 Å². The maximum absolute atomic E-state index is 13.2. The largest absolute Gasteiger partial charge is 0.332 e. The maximum Gasteiger partial charge on any atom is 0.233 e. The fourth-order valence-electron chi connectivity index (χ4n) is 4.23. The summed E-state index contributed by atoms with van der Waals surface area (Å²) in [6.07, 6.45) is 2.02. The highest BCUT2D eigenvalue weighted by Gasteiger charge is 2.32. The zero-order valence-corrected chi connectivity index (χ0v) is 19.2. The van der Waals surface area contributed by atoms with Gasteiger partial charge in [0.15, 0.2) is 0 Å². The Balaban J connectivity index is 1.32. The average molecular weight is 449 g/mol. The van der Waals surface area contributed by atoms with Gasteiger partial charge in [0.1, 0.15) is 5.01 Å². The van der Waals surface area contributed by atoms with E-state index in [4.69, 9.17) is 10.1 Å². The van der Waals surface area contributed by atoms with Gasteiger partial charge in [-0.05, 0) is 51.0 Å². The summed E-state index contributed by atoms with van der Waals surface area (Å²) < 4.78 is 3.15. The van der Waals surface area contributed by atoms with Crippen LogP contribution >= 0.6 is 23.1 Å². The number of fused-ring (bicyclic) bond motifs is 1. The number of para-hydroxylation sites is 2. The van der Waals surface area contributed by atoms with Gasteiger partial charge in [0.05, 0.1) is 44.0 Å². The third-order valence-electron chi connectivity index (χ3n) is 5.73. The summed E-state index contributed by atoms with van der Waals surface area (Å²) >= 11 is 3.31. The number of nitrogens with zero attached hydrogens (tertiary/aromatic N) is 4. The number of rotatable bonds is 5. The number of aromatic nitrogens is 3. The van der Waals surface area contributed by atoms with Crippen molar-refractivity contribution in [3.05, 3.63) is 71.0 Å². The highest BCUT2D eigenvalue weighted by atomic mass is 32.2. The van der Waals surface area contributed by atoms with E-state index in [0.29, 0.717) is 5.75 Å². The molecular weight excluding hydrogens is 424 g/mol. The Hall–Kier alpha value is -2.64. The molecule has 2 aromatic heterocycles. The first-order chi connectivity index (χ1) is 15.1. The van der Waals surface area contributed by atoms with Crippen molar-refractivity contribution in [2.75, 3.05) is 12.3 Å². The Morgan fingerprint density at radius 1 is 1.13 bits per heavy atom. The normalized spacial score (nSPS) is 16.3. The molecule has 0 unspecified atom stereocenters. The second kappa shape index (κ2) is 8.48. The van der Waals surface area contributed by atoms with Crippen molar-refractivity contribution in [3.63, 3.8) is 0 Å². The van der Waals surface area contributed by atoms with E-state index in [0.717, 1.165) is 51.9 Å². The van der Waals surface area contributed by atoms with Crippen LogP contribution in [0, 0.1) is 13.8 Å². The van der Waals surface area contributed by atoms with Gasteiger partial charge in [0.25, 0.3) is 0 Å². The molecule has 4 aromatic rings. The molecule has 7 heteroatoms. The first-order valence-electron chi connectivity index (χ1n) is 10.5. The zero-order chi connectivity index (χ0) is 21.4. The molecule has 3 heterocycles. The molecule has 158 valence electrons. The standard InChI is InChI=1S/C24H24N4OS2/c1-16-23(17(2)28(26-16)18-9-4-3-5-10-18)30-15-22(29)27-14-8-12-20(27)24-25-19-11-6-7-13-21(19)31-24/h3-7,9-11,13,20H,8,12,14-15H2,1-2H3/t20-/m0/s1. The Morgan fingerprint density at radius 2 is 1.90 bits per heavy atom. The van der Waals surface area contributed by atoms with Gasteiger partial charge in [-0.25, -0.2) is 9.67 Å². The first kappa shape index (κ1) is 20.3. The summed E-state index contributed by atoms with van der Waals surface area (Å²) in [5.74, 6) is 0.599. The number of benzene rings is 2. The number of carbonyl (C=O) groups excluding carboxylic acids is 1. The molecule has 5 rings (SSSR count). The van der Waals surface area contributed by atoms with Crippen LogP contribution in [-0.4, -0.2) is 37.9 Å². The monoisotopic (exact) mass is 448 g/mol. The Kier molecular flexibility index (Phi) is 5.54. The van der Waals surface area contributed by atoms with E-state index in [2.05, 4.69) is 13.0 Å². The van der Waals surface area contributed by atoms with E-state index < -0.39 is 0 Å². The van der Waals surface area contributed by atoms with E-state index in [9.17, 15) is 4.79 Å². The summed E-state index contributed by atoms with van der Waals surface area (Å²) in [4.78, 5) is 21.1. The predicted octanol–water partition coefficient (Wildman–Crippen LogP) is 5.55. The molecule has 5 nitrogen and oxygen atoms in total. The van der Waals surface area contributed by atoms with Crippen molar-refractivity contribution < 1.29 is 4.79 Å². The predicted molar refractivity (Wildman–Crippen MR) is 127 cm³/mol. The maximum atomic E-state index is 13.2. The van der Waals surface area contributed by atoms with Crippen molar-refractivity contribution in [2.45, 2.75) is 37.6 Å². The Labute approximate surface area is 190 Å². The van der Waals surface area contributed by atoms with Crippen molar-refractivity contribution in [1.29, 1.82) is 0 Å². The van der Waals surface area contributed by atoms with Crippen molar-refractivity contribution in [1.82, 2.24) is 19.7 Å². The number of amides is 1. The highest BCUT2D eigenvalue weighted by molar-refractivity contribution is 8.00. The molecule has 0 bridgehead atoms. The number of aryl methyl sites for hydroxylation is 1. The van der Waals surface area contributed by atoms with E-state index in [1.165, 1.54) is 4.70 Å². The quantitative estimate of drug-likeness (QED) is 0.375. The van der Waals surface area contributed by atoms with Gasteiger partial charge in [-0.1, -0.05) is 30.3 Å². The van der Waals surface area contributed by atoms with Crippen molar-refractivity contribution in [3.8, 4) is 5.69 Å². The summed E-state index contributed by atoms with van der Waals surface area (Å²) in [6, 6.07) is 18.4. The molecule has 0 radical (unpaired) electrons. The van der Waals surface area contributed by atoms with Crippen LogP contribution < -0.4 is 0 Å². The smallest absolute Gasteiger partial charge is 0.233 e. The number of carbonyl (C=O) groups is 1. The average Bonchev–Trinajstić information content (AvgIpc) is 3.50. The molecule has 31 heavy (non-hydrogen) atoms. The van der Waals surface area contributed by atoms with E-state index in [1.807, 2.05) is 65.0 Å². The van der Waals surface area contributed by atoms with Crippen molar-refractivity contribution in [2.24, 2.45) is 0 Å². The number of thioether (sulfide) groups is 1. The highest BCUT2D eigenvalue weighted by Crippen LogP contribution is 2.37. The number of thiazole rings is 1. The zero-order valence-electron chi connectivity index (χ0n) is 17.6. The molecule has 1 aliphatic heterocycles. The van der Waals surface area contributed by atoms with E-state index in [1.54, 1.807) is 23.1 Å². The number of hydrogen-bond donors (Lipinski definition) is 0. The molecule has 0 N–H and O–H groups in total. The minimum absolute atomic E-state index is 0.0970. The van der Waals surface area contributed by atoms with Crippen LogP contribution in [-0.2, 0) is 4.79 Å². The first-order valence-corrected chi connectivity index (χ1v) is 12.3. The molecule has 1 aliphatic rings.